The summed E-state index contributed by atoms with van der Waals surface area (Å²) in [6.07, 6.45) is 1.78. The van der Waals surface area contributed by atoms with E-state index >= 15 is 0 Å². The van der Waals surface area contributed by atoms with Gasteiger partial charge in [-0.15, -0.1) is 0 Å². The fourth-order valence-corrected chi connectivity index (χ4v) is 1.57. The normalized spacial score (nSPS) is 12.9. The summed E-state index contributed by atoms with van der Waals surface area (Å²) in [7, 11) is 0. The van der Waals surface area contributed by atoms with Crippen molar-refractivity contribution in [3.05, 3.63) is 36.5 Å². The van der Waals surface area contributed by atoms with Gasteiger partial charge in [-0.2, -0.15) is 0 Å². The summed E-state index contributed by atoms with van der Waals surface area (Å²) in [6.45, 7) is 4.71. The molecule has 0 unspecified atom stereocenters. The fourth-order valence-electron chi connectivity index (χ4n) is 1.57. The summed E-state index contributed by atoms with van der Waals surface area (Å²) < 4.78 is 5.75. The van der Waals surface area contributed by atoms with E-state index in [1.807, 2.05) is 30.3 Å². The molecule has 0 radical (unpaired) electrons. The van der Waals surface area contributed by atoms with Crippen molar-refractivity contribution < 1.29 is 4.74 Å². The quantitative estimate of drug-likeness (QED) is 0.878. The molecule has 0 amide bonds. The molecular weight excluding hydrogens is 212 g/mol. The molecule has 90 valence electrons. The van der Waals surface area contributed by atoms with Crippen molar-refractivity contribution in [2.24, 2.45) is 11.7 Å². The number of rotatable bonds is 4. The third-order valence-corrected chi connectivity index (χ3v) is 2.88. The molecule has 0 bridgehead atoms. The van der Waals surface area contributed by atoms with Gasteiger partial charge in [0.2, 0.25) is 0 Å². The van der Waals surface area contributed by atoms with E-state index in [0.29, 0.717) is 12.5 Å². The number of hydrogen-bond donors (Lipinski definition) is 1. The summed E-state index contributed by atoms with van der Waals surface area (Å²) in [5.41, 5.74) is 6.86. The van der Waals surface area contributed by atoms with Crippen LogP contribution >= 0.6 is 0 Å². The van der Waals surface area contributed by atoms with Gasteiger partial charge in [0.05, 0.1) is 0 Å². The third-order valence-electron chi connectivity index (χ3n) is 2.88. The Kier molecular flexibility index (Phi) is 3.59. The van der Waals surface area contributed by atoms with Gasteiger partial charge in [0.25, 0.3) is 0 Å². The predicted octanol–water partition coefficient (Wildman–Crippen LogP) is 2.60. The van der Waals surface area contributed by atoms with Crippen molar-refractivity contribution in [3.63, 3.8) is 0 Å². The largest absolute Gasteiger partial charge is 0.490 e. The smallest absolute Gasteiger partial charge is 0.145 e. The van der Waals surface area contributed by atoms with Crippen LogP contribution in [0.2, 0.25) is 0 Å². The van der Waals surface area contributed by atoms with E-state index in [1.165, 1.54) is 0 Å². The Morgan fingerprint density at radius 2 is 2.00 bits per heavy atom. The maximum absolute atomic E-state index is 5.96. The zero-order valence-electron chi connectivity index (χ0n) is 10.3. The van der Waals surface area contributed by atoms with Crippen molar-refractivity contribution in [2.75, 3.05) is 6.61 Å². The second-order valence-electron chi connectivity index (χ2n) is 4.55. The number of fused-ring (bicyclic) bond motifs is 1. The summed E-state index contributed by atoms with van der Waals surface area (Å²) in [5.74, 6) is 1.22. The minimum absolute atomic E-state index is 0.0500. The van der Waals surface area contributed by atoms with Gasteiger partial charge >= 0.3 is 0 Å². The molecule has 1 aromatic heterocycles. The molecule has 1 heterocycles. The second kappa shape index (κ2) is 5.15. The van der Waals surface area contributed by atoms with Gasteiger partial charge in [-0.3, -0.25) is 4.98 Å². The van der Waals surface area contributed by atoms with Gasteiger partial charge in [0.1, 0.15) is 17.9 Å². The van der Waals surface area contributed by atoms with Crippen LogP contribution < -0.4 is 10.5 Å². The number of ether oxygens (including phenoxy) is 1. The lowest BCUT2D eigenvalue weighted by molar-refractivity contribution is 0.262. The van der Waals surface area contributed by atoms with E-state index in [2.05, 4.69) is 18.8 Å². The molecule has 0 aliphatic rings. The SMILES string of the molecule is CC(C)[C@H](N)COc1cccc2cccnc12. The van der Waals surface area contributed by atoms with E-state index in [4.69, 9.17) is 10.5 Å². The molecule has 0 saturated heterocycles. The van der Waals surface area contributed by atoms with Crippen molar-refractivity contribution in [1.82, 2.24) is 4.98 Å². The first-order chi connectivity index (χ1) is 8.18. The number of nitrogens with two attached hydrogens (primary N) is 1. The number of para-hydroxylation sites is 1. The fraction of sp³-hybridized carbons (Fsp3) is 0.357. The zero-order valence-corrected chi connectivity index (χ0v) is 10.3. The summed E-state index contributed by atoms with van der Waals surface area (Å²) in [6, 6.07) is 9.93. The highest BCUT2D eigenvalue weighted by atomic mass is 16.5. The number of nitrogens with zero attached hydrogens (tertiary/aromatic N) is 1. The van der Waals surface area contributed by atoms with Crippen LogP contribution in [0, 0.1) is 5.92 Å². The van der Waals surface area contributed by atoms with E-state index in [0.717, 1.165) is 16.7 Å². The number of pyridine rings is 1. The maximum atomic E-state index is 5.96. The van der Waals surface area contributed by atoms with Crippen LogP contribution in [0.15, 0.2) is 36.5 Å². The lowest BCUT2D eigenvalue weighted by Gasteiger charge is -2.16. The van der Waals surface area contributed by atoms with Gasteiger partial charge in [-0.05, 0) is 18.1 Å². The van der Waals surface area contributed by atoms with Crippen LogP contribution in [0.1, 0.15) is 13.8 Å². The van der Waals surface area contributed by atoms with E-state index in [1.54, 1.807) is 6.20 Å². The monoisotopic (exact) mass is 230 g/mol. The Labute approximate surface area is 102 Å². The lowest BCUT2D eigenvalue weighted by Crippen LogP contribution is -2.33. The Morgan fingerprint density at radius 3 is 2.76 bits per heavy atom. The number of benzene rings is 1. The Hall–Kier alpha value is -1.61. The van der Waals surface area contributed by atoms with Gasteiger partial charge in [-0.1, -0.05) is 32.0 Å². The molecule has 0 spiro atoms. The highest BCUT2D eigenvalue weighted by Gasteiger charge is 2.09. The standard InChI is InChI=1S/C14H18N2O/c1-10(2)12(15)9-17-13-7-3-5-11-6-4-8-16-14(11)13/h3-8,10,12H,9,15H2,1-2H3/t12-/m1/s1. The molecule has 0 saturated carbocycles. The minimum atomic E-state index is 0.0500. The Balaban J connectivity index is 2.19. The molecule has 2 rings (SSSR count). The molecule has 2 N–H and O–H groups in total. The lowest BCUT2D eigenvalue weighted by atomic mass is 10.1. The van der Waals surface area contributed by atoms with Crippen molar-refractivity contribution in [3.8, 4) is 5.75 Å². The maximum Gasteiger partial charge on any atom is 0.145 e. The summed E-state index contributed by atoms with van der Waals surface area (Å²) in [4.78, 5) is 4.34. The summed E-state index contributed by atoms with van der Waals surface area (Å²) >= 11 is 0. The van der Waals surface area contributed by atoms with Crippen LogP contribution in [-0.2, 0) is 0 Å². The first-order valence-corrected chi connectivity index (χ1v) is 5.90. The van der Waals surface area contributed by atoms with Gasteiger partial charge in [0, 0.05) is 17.6 Å². The van der Waals surface area contributed by atoms with Crippen LogP contribution in [0.4, 0.5) is 0 Å². The van der Waals surface area contributed by atoms with Crippen molar-refractivity contribution in [2.45, 2.75) is 19.9 Å². The first kappa shape index (κ1) is 11.9. The van der Waals surface area contributed by atoms with Gasteiger partial charge in [-0.25, -0.2) is 0 Å². The van der Waals surface area contributed by atoms with Crippen LogP contribution in [0.5, 0.6) is 5.75 Å². The van der Waals surface area contributed by atoms with Crippen molar-refractivity contribution in [1.29, 1.82) is 0 Å². The first-order valence-electron chi connectivity index (χ1n) is 5.90. The molecule has 0 aliphatic carbocycles. The van der Waals surface area contributed by atoms with E-state index in [9.17, 15) is 0 Å². The van der Waals surface area contributed by atoms with Crippen LogP contribution in [-0.4, -0.2) is 17.6 Å². The molecule has 0 aliphatic heterocycles. The molecule has 1 aromatic carbocycles. The molecule has 1 atom stereocenters. The Bertz CT molecular complexity index is 491. The molecule has 3 heteroatoms. The average molecular weight is 230 g/mol. The highest BCUT2D eigenvalue weighted by Crippen LogP contribution is 2.23. The average Bonchev–Trinajstić information content (AvgIpc) is 2.35. The molecule has 0 fully saturated rings. The van der Waals surface area contributed by atoms with Crippen LogP contribution in [0.25, 0.3) is 10.9 Å². The number of aromatic nitrogens is 1. The predicted molar refractivity (Wildman–Crippen MR) is 70.1 cm³/mol. The zero-order chi connectivity index (χ0) is 12.3. The van der Waals surface area contributed by atoms with E-state index < -0.39 is 0 Å². The minimum Gasteiger partial charge on any atom is -0.490 e. The second-order valence-corrected chi connectivity index (χ2v) is 4.55. The molecular formula is C14H18N2O. The van der Waals surface area contributed by atoms with Crippen LogP contribution in [0.3, 0.4) is 0 Å². The Morgan fingerprint density at radius 1 is 1.24 bits per heavy atom. The molecule has 3 nitrogen and oxygen atoms in total. The van der Waals surface area contributed by atoms with Gasteiger partial charge < -0.3 is 10.5 Å². The topological polar surface area (TPSA) is 48.1 Å². The van der Waals surface area contributed by atoms with E-state index in [-0.39, 0.29) is 6.04 Å². The molecule has 17 heavy (non-hydrogen) atoms. The summed E-state index contributed by atoms with van der Waals surface area (Å²) in [5, 5.41) is 1.09. The molecule has 2 aromatic rings. The number of hydrogen-bond acceptors (Lipinski definition) is 3. The van der Waals surface area contributed by atoms with Gasteiger partial charge in [0.15, 0.2) is 0 Å². The highest BCUT2D eigenvalue weighted by molar-refractivity contribution is 5.84. The third kappa shape index (κ3) is 2.74. The van der Waals surface area contributed by atoms with Crippen molar-refractivity contribution >= 4 is 10.9 Å².